The molecule has 6 heteroatoms. The minimum atomic E-state index is -0.270. The molecule has 1 fully saturated rings. The normalized spacial score (nSPS) is 22.3. The van der Waals surface area contributed by atoms with E-state index < -0.39 is 0 Å². The number of rotatable bonds is 5. The van der Waals surface area contributed by atoms with E-state index in [4.69, 9.17) is 5.73 Å². The van der Waals surface area contributed by atoms with Crippen LogP contribution in [0.4, 0.5) is 0 Å². The second kappa shape index (κ2) is 6.16. The number of carbonyl (C=O) groups excluding carboxylic acids is 1. The summed E-state index contributed by atoms with van der Waals surface area (Å²) in [5.74, 6) is -0.270. The average molecular weight is 265 g/mol. The van der Waals surface area contributed by atoms with E-state index in [1.54, 1.807) is 0 Å². The molecule has 1 amide bonds. The number of nitrogens with one attached hydrogen (secondary N) is 1. The van der Waals surface area contributed by atoms with Crippen molar-refractivity contribution in [2.24, 2.45) is 5.73 Å². The first-order valence-electron chi connectivity index (χ1n) is 6.90. The van der Waals surface area contributed by atoms with Crippen molar-refractivity contribution in [3.05, 3.63) is 18.0 Å². The van der Waals surface area contributed by atoms with Gasteiger partial charge in [0.15, 0.2) is 0 Å². The predicted octanol–water partition coefficient (Wildman–Crippen LogP) is 0.113. The maximum absolute atomic E-state index is 11.4. The highest BCUT2D eigenvalue weighted by Crippen LogP contribution is 2.12. The first-order valence-corrected chi connectivity index (χ1v) is 6.90. The van der Waals surface area contributed by atoms with E-state index >= 15 is 0 Å². The Morgan fingerprint density at radius 1 is 1.68 bits per heavy atom. The average Bonchev–Trinajstić information content (AvgIpc) is 2.86. The largest absolute Gasteiger partial charge is 0.368 e. The monoisotopic (exact) mass is 265 g/mol. The summed E-state index contributed by atoms with van der Waals surface area (Å²) in [6.07, 6.45) is 3.06. The molecule has 0 aliphatic carbocycles. The summed E-state index contributed by atoms with van der Waals surface area (Å²) in [7, 11) is 0. The number of primary amides is 1. The summed E-state index contributed by atoms with van der Waals surface area (Å²) >= 11 is 0. The third-order valence-corrected chi connectivity index (χ3v) is 3.75. The van der Waals surface area contributed by atoms with Gasteiger partial charge < -0.3 is 11.1 Å². The number of carbonyl (C=O) groups is 1. The first-order chi connectivity index (χ1) is 9.11. The summed E-state index contributed by atoms with van der Waals surface area (Å²) < 4.78 is 1.98. The number of hydrogen-bond acceptors (Lipinski definition) is 4. The summed E-state index contributed by atoms with van der Waals surface area (Å²) in [6.45, 7) is 7.30. The lowest BCUT2D eigenvalue weighted by molar-refractivity contribution is -0.124. The maximum atomic E-state index is 11.4. The Labute approximate surface area is 113 Å². The highest BCUT2D eigenvalue weighted by atomic mass is 16.1. The summed E-state index contributed by atoms with van der Waals surface area (Å²) in [5, 5.41) is 7.77. The SMILES string of the molecule is CCC(C)n1ccc(CN2CCNCC2C(N)=O)n1. The number of piperazine rings is 1. The Balaban J connectivity index is 2.02. The fraction of sp³-hybridized carbons (Fsp3) is 0.692. The number of nitrogens with zero attached hydrogens (tertiary/aromatic N) is 3. The molecule has 1 saturated heterocycles. The predicted molar refractivity (Wildman–Crippen MR) is 73.5 cm³/mol. The molecule has 106 valence electrons. The van der Waals surface area contributed by atoms with Crippen molar-refractivity contribution in [1.29, 1.82) is 0 Å². The Morgan fingerprint density at radius 2 is 2.47 bits per heavy atom. The van der Waals surface area contributed by atoms with Crippen LogP contribution >= 0.6 is 0 Å². The molecule has 2 rings (SSSR count). The number of nitrogens with two attached hydrogens (primary N) is 1. The van der Waals surface area contributed by atoms with Gasteiger partial charge in [-0.05, 0) is 19.4 Å². The van der Waals surface area contributed by atoms with E-state index in [2.05, 4.69) is 29.2 Å². The van der Waals surface area contributed by atoms with E-state index in [9.17, 15) is 4.79 Å². The maximum Gasteiger partial charge on any atom is 0.236 e. The van der Waals surface area contributed by atoms with Crippen LogP contribution in [0.3, 0.4) is 0 Å². The van der Waals surface area contributed by atoms with Crippen LogP contribution < -0.4 is 11.1 Å². The van der Waals surface area contributed by atoms with Crippen molar-refractivity contribution < 1.29 is 4.79 Å². The van der Waals surface area contributed by atoms with Crippen LogP contribution in [0.25, 0.3) is 0 Å². The van der Waals surface area contributed by atoms with Gasteiger partial charge in [-0.3, -0.25) is 14.4 Å². The van der Waals surface area contributed by atoms with Crippen LogP contribution in [0.1, 0.15) is 32.0 Å². The van der Waals surface area contributed by atoms with Crippen LogP contribution in [0.5, 0.6) is 0 Å². The summed E-state index contributed by atoms with van der Waals surface area (Å²) in [4.78, 5) is 13.5. The molecule has 2 atom stereocenters. The Kier molecular flexibility index (Phi) is 4.55. The van der Waals surface area contributed by atoms with E-state index in [1.807, 2.05) is 16.9 Å². The lowest BCUT2D eigenvalue weighted by Gasteiger charge is -2.33. The summed E-state index contributed by atoms with van der Waals surface area (Å²) in [6, 6.07) is 2.19. The summed E-state index contributed by atoms with van der Waals surface area (Å²) in [5.41, 5.74) is 6.43. The quantitative estimate of drug-likeness (QED) is 0.792. The van der Waals surface area contributed by atoms with Crippen molar-refractivity contribution in [2.45, 2.75) is 38.9 Å². The van der Waals surface area contributed by atoms with Gasteiger partial charge in [-0.2, -0.15) is 5.10 Å². The molecule has 1 aromatic heterocycles. The molecule has 0 aromatic carbocycles. The highest BCUT2D eigenvalue weighted by molar-refractivity contribution is 5.80. The van der Waals surface area contributed by atoms with E-state index in [1.165, 1.54) is 0 Å². The van der Waals surface area contributed by atoms with Crippen molar-refractivity contribution in [1.82, 2.24) is 20.0 Å². The zero-order chi connectivity index (χ0) is 13.8. The van der Waals surface area contributed by atoms with Gasteiger partial charge in [0.1, 0.15) is 6.04 Å². The molecule has 0 saturated carbocycles. The molecule has 0 radical (unpaired) electrons. The topological polar surface area (TPSA) is 76.2 Å². The Morgan fingerprint density at radius 3 is 3.16 bits per heavy atom. The first kappa shape index (κ1) is 14.0. The minimum Gasteiger partial charge on any atom is -0.368 e. The van der Waals surface area contributed by atoms with Crippen LogP contribution in [0.15, 0.2) is 12.3 Å². The van der Waals surface area contributed by atoms with Gasteiger partial charge in [0.2, 0.25) is 5.91 Å². The molecule has 2 heterocycles. The third-order valence-electron chi connectivity index (χ3n) is 3.75. The molecule has 1 aliphatic rings. The van der Waals surface area contributed by atoms with Gasteiger partial charge in [0.05, 0.1) is 5.69 Å². The number of hydrogen-bond donors (Lipinski definition) is 2. The smallest absolute Gasteiger partial charge is 0.236 e. The molecule has 6 nitrogen and oxygen atoms in total. The van der Waals surface area contributed by atoms with Crippen molar-refractivity contribution in [3.8, 4) is 0 Å². The Bertz CT molecular complexity index is 430. The molecule has 0 bridgehead atoms. The van der Waals surface area contributed by atoms with Gasteiger partial charge >= 0.3 is 0 Å². The van der Waals surface area contributed by atoms with Crippen LogP contribution in [-0.4, -0.2) is 46.3 Å². The number of amides is 1. The third kappa shape index (κ3) is 3.33. The van der Waals surface area contributed by atoms with Gasteiger partial charge in [-0.1, -0.05) is 6.92 Å². The molecule has 1 aliphatic heterocycles. The fourth-order valence-corrected chi connectivity index (χ4v) is 2.32. The molecular weight excluding hydrogens is 242 g/mol. The van der Waals surface area contributed by atoms with Gasteiger partial charge in [-0.15, -0.1) is 0 Å². The highest BCUT2D eigenvalue weighted by Gasteiger charge is 2.27. The minimum absolute atomic E-state index is 0.234. The molecule has 0 spiro atoms. The number of aromatic nitrogens is 2. The van der Waals surface area contributed by atoms with Gasteiger partial charge in [0.25, 0.3) is 0 Å². The van der Waals surface area contributed by atoms with Crippen LogP contribution in [0.2, 0.25) is 0 Å². The standard InChI is InChI=1S/C13H23N5O/c1-3-10(2)18-6-4-11(16-18)9-17-7-5-15-8-12(17)13(14)19/h4,6,10,12,15H,3,5,7-9H2,1-2H3,(H2,14,19). The van der Waals surface area contributed by atoms with E-state index in [0.717, 1.165) is 25.2 Å². The molecule has 1 aromatic rings. The van der Waals surface area contributed by atoms with Crippen molar-refractivity contribution >= 4 is 5.91 Å². The van der Waals surface area contributed by atoms with Gasteiger partial charge in [-0.25, -0.2) is 0 Å². The molecular formula is C13H23N5O. The van der Waals surface area contributed by atoms with Crippen molar-refractivity contribution in [2.75, 3.05) is 19.6 Å². The lowest BCUT2D eigenvalue weighted by Crippen LogP contribution is -2.56. The zero-order valence-corrected chi connectivity index (χ0v) is 11.7. The molecule has 2 unspecified atom stereocenters. The van der Waals surface area contributed by atoms with E-state index in [-0.39, 0.29) is 11.9 Å². The van der Waals surface area contributed by atoms with Crippen LogP contribution in [-0.2, 0) is 11.3 Å². The second-order valence-corrected chi connectivity index (χ2v) is 5.14. The zero-order valence-electron chi connectivity index (χ0n) is 11.7. The van der Waals surface area contributed by atoms with Gasteiger partial charge in [0, 0.05) is 38.4 Å². The molecule has 3 N–H and O–H groups in total. The Hall–Kier alpha value is -1.40. The van der Waals surface area contributed by atoms with Crippen molar-refractivity contribution in [3.63, 3.8) is 0 Å². The molecule has 19 heavy (non-hydrogen) atoms. The lowest BCUT2D eigenvalue weighted by atomic mass is 10.1. The fourth-order valence-electron chi connectivity index (χ4n) is 2.32. The second-order valence-electron chi connectivity index (χ2n) is 5.14. The van der Waals surface area contributed by atoms with E-state index in [0.29, 0.717) is 19.1 Å². The van der Waals surface area contributed by atoms with Crippen LogP contribution in [0, 0.1) is 0 Å².